The molecule has 4 aliphatic carbocycles. The number of ether oxygens (including phenoxy) is 1. The average molecular weight is 332 g/mol. The smallest absolute Gasteiger partial charge is 0.0959 e. The number of aliphatic hydroxyl groups is 1. The van der Waals surface area contributed by atoms with E-state index in [0.717, 1.165) is 43.4 Å². The van der Waals surface area contributed by atoms with Crippen LogP contribution in [-0.4, -0.2) is 31.4 Å². The lowest BCUT2D eigenvalue weighted by Crippen LogP contribution is -2.55. The van der Waals surface area contributed by atoms with Crippen molar-refractivity contribution in [2.45, 2.75) is 63.9 Å². The Balaban J connectivity index is 1.59. The molecule has 24 heavy (non-hydrogen) atoms. The molecule has 0 aromatic carbocycles. The summed E-state index contributed by atoms with van der Waals surface area (Å²) in [6, 6.07) is 0. The summed E-state index contributed by atoms with van der Waals surface area (Å²) >= 11 is 0. The third kappa shape index (κ3) is 2.24. The molecule has 0 radical (unpaired) electrons. The van der Waals surface area contributed by atoms with Crippen molar-refractivity contribution in [2.75, 3.05) is 20.7 Å². The molecule has 0 unspecified atom stereocenters. The van der Waals surface area contributed by atoms with Gasteiger partial charge >= 0.3 is 0 Å². The van der Waals surface area contributed by atoms with E-state index in [1.54, 1.807) is 18.3 Å². The van der Waals surface area contributed by atoms with Crippen molar-refractivity contribution in [3.8, 4) is 0 Å². The molecule has 0 heterocycles. The third-order valence-corrected chi connectivity index (χ3v) is 8.11. The van der Waals surface area contributed by atoms with Crippen molar-refractivity contribution in [3.63, 3.8) is 0 Å². The van der Waals surface area contributed by atoms with E-state index in [4.69, 9.17) is 4.74 Å². The van der Waals surface area contributed by atoms with Gasteiger partial charge in [0.2, 0.25) is 0 Å². The average Bonchev–Trinajstić information content (AvgIpc) is 2.86. The summed E-state index contributed by atoms with van der Waals surface area (Å²) in [4.78, 5) is 0. The van der Waals surface area contributed by atoms with Crippen molar-refractivity contribution in [2.24, 2.45) is 23.2 Å². The van der Waals surface area contributed by atoms with Crippen molar-refractivity contribution in [1.82, 2.24) is 5.32 Å². The zero-order valence-electron chi connectivity index (χ0n) is 15.5. The number of fused-ring (bicyclic) bond motifs is 4. The Morgan fingerprint density at radius 2 is 2.12 bits per heavy atom. The lowest BCUT2D eigenvalue weighted by molar-refractivity contribution is -0.104. The van der Waals surface area contributed by atoms with Crippen LogP contribution in [0.5, 0.6) is 0 Å². The molecule has 3 nitrogen and oxygen atoms in total. The monoisotopic (exact) mass is 331 g/mol. The summed E-state index contributed by atoms with van der Waals surface area (Å²) in [6.45, 7) is 3.12. The first-order chi connectivity index (χ1) is 11.5. The van der Waals surface area contributed by atoms with Crippen molar-refractivity contribution >= 4 is 0 Å². The van der Waals surface area contributed by atoms with Crippen molar-refractivity contribution in [3.05, 3.63) is 23.0 Å². The number of rotatable bonds is 3. The molecular weight excluding hydrogens is 298 g/mol. The highest BCUT2D eigenvalue weighted by atomic mass is 16.5. The molecule has 0 spiro atoms. The molecule has 2 N–H and O–H groups in total. The number of hydrogen-bond acceptors (Lipinski definition) is 3. The molecule has 0 bridgehead atoms. The minimum Gasteiger partial charge on any atom is -0.501 e. The normalized spacial score (nSPS) is 44.5. The Labute approximate surface area is 146 Å². The maximum Gasteiger partial charge on any atom is 0.0959 e. The predicted octanol–water partition coefficient (Wildman–Crippen LogP) is 3.79. The van der Waals surface area contributed by atoms with Crippen LogP contribution in [0.15, 0.2) is 23.0 Å². The van der Waals surface area contributed by atoms with Crippen LogP contribution < -0.4 is 5.32 Å². The fourth-order valence-corrected chi connectivity index (χ4v) is 6.74. The summed E-state index contributed by atoms with van der Waals surface area (Å²) in [5, 5.41) is 14.6. The van der Waals surface area contributed by atoms with E-state index in [9.17, 15) is 5.11 Å². The fraction of sp³-hybridized carbons (Fsp3) is 0.810. The number of methoxy groups -OCH3 is 1. The maximum absolute atomic E-state index is 11.3. The first-order valence-corrected chi connectivity index (χ1v) is 9.83. The molecule has 134 valence electrons. The van der Waals surface area contributed by atoms with E-state index in [-0.39, 0.29) is 5.41 Å². The molecule has 4 aliphatic rings. The SMILES string of the molecule is CNC[C@]1(O)CC[C@H]2[C@@H]3CCC4=C(CC=C(OC)C4)[C@H]3CC[C@@]21C. The van der Waals surface area contributed by atoms with Crippen LogP contribution in [0.1, 0.15) is 58.3 Å². The molecule has 0 saturated heterocycles. The van der Waals surface area contributed by atoms with Crippen LogP contribution in [0.25, 0.3) is 0 Å². The number of hydrogen-bond donors (Lipinski definition) is 2. The minimum atomic E-state index is -0.512. The first-order valence-electron chi connectivity index (χ1n) is 9.83. The predicted molar refractivity (Wildman–Crippen MR) is 96.5 cm³/mol. The second kappa shape index (κ2) is 5.88. The zero-order chi connectivity index (χ0) is 16.9. The maximum atomic E-state index is 11.3. The van der Waals surface area contributed by atoms with Gasteiger partial charge in [0.05, 0.1) is 18.5 Å². The quantitative estimate of drug-likeness (QED) is 0.773. The molecule has 0 aromatic heterocycles. The van der Waals surface area contributed by atoms with E-state index in [2.05, 4.69) is 18.3 Å². The van der Waals surface area contributed by atoms with Gasteiger partial charge < -0.3 is 15.2 Å². The largest absolute Gasteiger partial charge is 0.501 e. The van der Waals surface area contributed by atoms with Gasteiger partial charge in [0.1, 0.15) is 0 Å². The van der Waals surface area contributed by atoms with Gasteiger partial charge in [-0.25, -0.2) is 0 Å². The van der Waals surface area contributed by atoms with E-state index in [1.807, 2.05) is 7.05 Å². The van der Waals surface area contributed by atoms with Crippen LogP contribution >= 0.6 is 0 Å². The van der Waals surface area contributed by atoms with Gasteiger partial charge in [-0.2, -0.15) is 0 Å². The molecule has 2 fully saturated rings. The Morgan fingerprint density at radius 1 is 1.29 bits per heavy atom. The topological polar surface area (TPSA) is 41.5 Å². The molecule has 0 aromatic rings. The Hall–Kier alpha value is -0.800. The van der Waals surface area contributed by atoms with Crippen molar-refractivity contribution < 1.29 is 9.84 Å². The number of nitrogens with one attached hydrogen (secondary N) is 1. The zero-order valence-corrected chi connectivity index (χ0v) is 15.5. The Morgan fingerprint density at radius 3 is 2.88 bits per heavy atom. The highest BCUT2D eigenvalue weighted by Crippen LogP contribution is 2.64. The summed E-state index contributed by atoms with van der Waals surface area (Å²) in [5.74, 6) is 3.40. The summed E-state index contributed by atoms with van der Waals surface area (Å²) in [7, 11) is 3.77. The second-order valence-corrected chi connectivity index (χ2v) is 8.86. The van der Waals surface area contributed by atoms with E-state index >= 15 is 0 Å². The summed E-state index contributed by atoms with van der Waals surface area (Å²) in [6.07, 6.45) is 11.6. The van der Waals surface area contributed by atoms with Crippen LogP contribution in [0.3, 0.4) is 0 Å². The summed E-state index contributed by atoms with van der Waals surface area (Å²) < 4.78 is 5.50. The molecule has 0 amide bonds. The number of likely N-dealkylation sites (N-methyl/N-ethyl adjacent to an activating group) is 1. The molecule has 0 aliphatic heterocycles. The van der Waals surface area contributed by atoms with Crippen LogP contribution in [-0.2, 0) is 4.74 Å². The highest BCUT2D eigenvalue weighted by Gasteiger charge is 2.61. The van der Waals surface area contributed by atoms with Gasteiger partial charge in [0.25, 0.3) is 0 Å². The van der Waals surface area contributed by atoms with E-state index in [0.29, 0.717) is 5.92 Å². The number of allylic oxidation sites excluding steroid dienone is 3. The van der Waals surface area contributed by atoms with Gasteiger partial charge in [-0.3, -0.25) is 0 Å². The van der Waals surface area contributed by atoms with Gasteiger partial charge in [0.15, 0.2) is 0 Å². The van der Waals surface area contributed by atoms with Crippen LogP contribution in [0.4, 0.5) is 0 Å². The second-order valence-electron chi connectivity index (χ2n) is 8.86. The first kappa shape index (κ1) is 16.7. The summed E-state index contributed by atoms with van der Waals surface area (Å²) in [5.41, 5.74) is 2.99. The van der Waals surface area contributed by atoms with Gasteiger partial charge in [-0.15, -0.1) is 0 Å². The van der Waals surface area contributed by atoms with Crippen molar-refractivity contribution in [1.29, 1.82) is 0 Å². The lowest BCUT2D eigenvalue weighted by atomic mass is 9.52. The minimum absolute atomic E-state index is 0.0947. The third-order valence-electron chi connectivity index (χ3n) is 8.11. The molecule has 4 rings (SSSR count). The van der Waals surface area contributed by atoms with Crippen LogP contribution in [0.2, 0.25) is 0 Å². The Kier molecular flexibility index (Phi) is 4.08. The van der Waals surface area contributed by atoms with Crippen LogP contribution in [0, 0.1) is 23.2 Å². The lowest BCUT2D eigenvalue weighted by Gasteiger charge is -2.54. The van der Waals surface area contributed by atoms with E-state index < -0.39 is 5.60 Å². The van der Waals surface area contributed by atoms with Gasteiger partial charge in [-0.05, 0) is 75.8 Å². The van der Waals surface area contributed by atoms with E-state index in [1.165, 1.54) is 32.1 Å². The molecule has 5 atom stereocenters. The Bertz CT molecular complexity index is 580. The highest BCUT2D eigenvalue weighted by molar-refractivity contribution is 5.33. The molecular formula is C21H33NO2. The van der Waals surface area contributed by atoms with Gasteiger partial charge in [-0.1, -0.05) is 18.1 Å². The molecule has 2 saturated carbocycles. The standard InChI is InChI=1S/C21H33NO2/c1-20-10-8-17-16-7-5-15(24-3)12-14(16)4-6-18(17)19(20)9-11-21(20,23)13-22-2/h5,17-19,22-23H,4,6-13H2,1-3H3/t17-,18-,19+,20+,21-/m1/s1. The molecule has 3 heteroatoms. The fourth-order valence-electron chi connectivity index (χ4n) is 6.74. The van der Waals surface area contributed by atoms with Gasteiger partial charge in [0, 0.05) is 18.4 Å².